The van der Waals surface area contributed by atoms with E-state index in [1.54, 1.807) is 6.07 Å². The molecule has 2 heterocycles. The third-order valence-corrected chi connectivity index (χ3v) is 2.49. The number of carbonyl (C=O) groups excluding carboxylic acids is 1. The van der Waals surface area contributed by atoms with Crippen molar-refractivity contribution in [3.8, 4) is 0 Å². The fraction of sp³-hybridized carbons (Fsp3) is 0.417. The second kappa shape index (κ2) is 4.51. The van der Waals surface area contributed by atoms with Crippen LogP contribution in [0.4, 0.5) is 5.95 Å². The predicted molar refractivity (Wildman–Crippen MR) is 72.8 cm³/mol. The Hall–Kier alpha value is -2.15. The molecule has 0 atom stereocenters. The average molecular weight is 264 g/mol. The van der Waals surface area contributed by atoms with Crippen molar-refractivity contribution >= 4 is 22.9 Å². The van der Waals surface area contributed by atoms with Crippen LogP contribution in [-0.2, 0) is 11.3 Å². The van der Waals surface area contributed by atoms with Gasteiger partial charge in [0.05, 0.1) is 32.2 Å². The van der Waals surface area contributed by atoms with Crippen molar-refractivity contribution in [2.24, 2.45) is 0 Å². The summed E-state index contributed by atoms with van der Waals surface area (Å²) in [4.78, 5) is 32.7. The molecule has 0 unspecified atom stereocenters. The molecule has 1 amide bonds. The van der Waals surface area contributed by atoms with E-state index in [9.17, 15) is 9.59 Å². The van der Waals surface area contributed by atoms with Crippen LogP contribution in [0.15, 0.2) is 10.9 Å². The third-order valence-electron chi connectivity index (χ3n) is 2.49. The minimum absolute atomic E-state index is 0.156. The third kappa shape index (κ3) is 3.19. The minimum atomic E-state index is -0.277. The van der Waals surface area contributed by atoms with Gasteiger partial charge in [-0.1, -0.05) is 0 Å². The van der Waals surface area contributed by atoms with Crippen LogP contribution in [-0.4, -0.2) is 46.5 Å². The van der Waals surface area contributed by atoms with Crippen molar-refractivity contribution in [2.45, 2.75) is 13.5 Å². The Balaban J connectivity index is 2.45. The normalized spacial score (nSPS) is 11.8. The predicted octanol–water partition coefficient (Wildman–Crippen LogP) is 0.416. The first-order valence-corrected chi connectivity index (χ1v) is 5.94. The van der Waals surface area contributed by atoms with E-state index < -0.39 is 0 Å². The Bertz CT molecular complexity index is 677. The van der Waals surface area contributed by atoms with Gasteiger partial charge in [0.25, 0.3) is 5.56 Å². The lowest BCUT2D eigenvalue weighted by Gasteiger charge is -2.22. The fourth-order valence-corrected chi connectivity index (χ4v) is 1.90. The molecule has 0 bridgehead atoms. The Morgan fingerprint density at radius 1 is 1.37 bits per heavy atom. The first-order valence-electron chi connectivity index (χ1n) is 5.94. The van der Waals surface area contributed by atoms with E-state index in [1.807, 2.05) is 0 Å². The van der Waals surface area contributed by atoms with Crippen LogP contribution in [0.25, 0.3) is 11.0 Å². The van der Waals surface area contributed by atoms with E-state index in [0.717, 1.165) is 16.7 Å². The van der Waals surface area contributed by atoms with Gasteiger partial charge in [-0.05, 0) is 6.07 Å². The second-order valence-electron chi connectivity index (χ2n) is 5.60. The molecule has 2 aromatic heterocycles. The first-order chi connectivity index (χ1) is 8.74. The molecule has 7 nitrogen and oxygen atoms in total. The molecule has 0 aliphatic carbocycles. The lowest BCUT2D eigenvalue weighted by atomic mass is 10.3. The number of H-pyrrole nitrogens is 2. The van der Waals surface area contributed by atoms with E-state index in [1.165, 1.54) is 6.92 Å². The second-order valence-corrected chi connectivity index (χ2v) is 5.60. The maximum Gasteiger partial charge on any atom is 0.261 e. The van der Waals surface area contributed by atoms with Crippen molar-refractivity contribution in [2.75, 3.05) is 26.5 Å². The molecule has 7 heteroatoms. The SMILES string of the molecule is CC(=O)Nc1nc2[nH]c(C[N+](C)(C)C)cc2c(=O)[nH]1. The molecule has 102 valence electrons. The zero-order valence-electron chi connectivity index (χ0n) is 11.5. The summed E-state index contributed by atoms with van der Waals surface area (Å²) in [7, 11) is 6.18. The molecule has 3 N–H and O–H groups in total. The number of quaternary nitrogens is 1. The Morgan fingerprint density at radius 3 is 2.63 bits per heavy atom. The molecule has 0 spiro atoms. The van der Waals surface area contributed by atoms with Gasteiger partial charge in [0, 0.05) is 6.92 Å². The van der Waals surface area contributed by atoms with Crippen molar-refractivity contribution in [3.05, 3.63) is 22.1 Å². The smallest absolute Gasteiger partial charge is 0.261 e. The van der Waals surface area contributed by atoms with E-state index >= 15 is 0 Å². The number of nitrogens with zero attached hydrogens (tertiary/aromatic N) is 2. The van der Waals surface area contributed by atoms with Crippen molar-refractivity contribution < 1.29 is 9.28 Å². The van der Waals surface area contributed by atoms with Gasteiger partial charge in [-0.3, -0.25) is 19.9 Å². The van der Waals surface area contributed by atoms with Crippen LogP contribution in [0, 0.1) is 0 Å². The number of aromatic nitrogens is 3. The lowest BCUT2D eigenvalue weighted by Crippen LogP contribution is -2.33. The fourth-order valence-electron chi connectivity index (χ4n) is 1.90. The van der Waals surface area contributed by atoms with Crippen LogP contribution in [0.1, 0.15) is 12.6 Å². The summed E-state index contributed by atoms with van der Waals surface area (Å²) < 4.78 is 0.739. The molecule has 0 saturated carbocycles. The number of rotatable bonds is 3. The maximum absolute atomic E-state index is 11.9. The number of anilines is 1. The largest absolute Gasteiger partial charge is 0.338 e. The van der Waals surface area contributed by atoms with E-state index in [-0.39, 0.29) is 17.4 Å². The number of carbonyl (C=O) groups is 1. The first kappa shape index (κ1) is 13.3. The van der Waals surface area contributed by atoms with Gasteiger partial charge in [0.15, 0.2) is 0 Å². The Labute approximate surface area is 110 Å². The number of nitrogens with one attached hydrogen (secondary N) is 3. The highest BCUT2D eigenvalue weighted by molar-refractivity contribution is 5.87. The molecular formula is C12H18N5O2+. The summed E-state index contributed by atoms with van der Waals surface area (Å²) in [5.41, 5.74) is 1.15. The molecule has 2 aromatic rings. The van der Waals surface area contributed by atoms with Gasteiger partial charge in [-0.15, -0.1) is 0 Å². The minimum Gasteiger partial charge on any atom is -0.338 e. The van der Waals surface area contributed by atoms with Crippen LogP contribution in [0.2, 0.25) is 0 Å². The van der Waals surface area contributed by atoms with Gasteiger partial charge in [-0.2, -0.15) is 4.98 Å². The molecule has 0 radical (unpaired) electrons. The topological polar surface area (TPSA) is 90.6 Å². The van der Waals surface area contributed by atoms with E-state index in [4.69, 9.17) is 0 Å². The molecule has 19 heavy (non-hydrogen) atoms. The molecule has 0 saturated heterocycles. The Morgan fingerprint density at radius 2 is 2.05 bits per heavy atom. The maximum atomic E-state index is 11.9. The summed E-state index contributed by atoms with van der Waals surface area (Å²) in [5.74, 6) is -0.121. The standard InChI is InChI=1S/C12H17N5O2/c1-7(18)13-12-15-10-9(11(19)16-12)5-8(14-10)6-17(2,3)4/h5H,6H2,1-4H3,(H2-,13,14,15,16,18,19)/p+1. The zero-order chi connectivity index (χ0) is 14.2. The molecule has 0 aliphatic heterocycles. The highest BCUT2D eigenvalue weighted by Crippen LogP contribution is 2.13. The number of amides is 1. The van der Waals surface area contributed by atoms with Gasteiger partial charge in [0.2, 0.25) is 11.9 Å². The van der Waals surface area contributed by atoms with Gasteiger partial charge < -0.3 is 9.47 Å². The van der Waals surface area contributed by atoms with Crippen LogP contribution < -0.4 is 10.9 Å². The lowest BCUT2D eigenvalue weighted by molar-refractivity contribution is -0.884. The highest BCUT2D eigenvalue weighted by atomic mass is 16.1. The number of fused-ring (bicyclic) bond motifs is 1. The van der Waals surface area contributed by atoms with Crippen molar-refractivity contribution in [3.63, 3.8) is 0 Å². The number of aromatic amines is 2. The summed E-state index contributed by atoms with van der Waals surface area (Å²) in [6.45, 7) is 2.12. The molecule has 0 aromatic carbocycles. The van der Waals surface area contributed by atoms with E-state index in [2.05, 4.69) is 41.4 Å². The van der Waals surface area contributed by atoms with Gasteiger partial charge >= 0.3 is 0 Å². The highest BCUT2D eigenvalue weighted by Gasteiger charge is 2.14. The van der Waals surface area contributed by atoms with Crippen LogP contribution >= 0.6 is 0 Å². The summed E-state index contributed by atoms with van der Waals surface area (Å²) in [6.07, 6.45) is 0. The zero-order valence-corrected chi connectivity index (χ0v) is 11.5. The van der Waals surface area contributed by atoms with Crippen LogP contribution in [0.3, 0.4) is 0 Å². The van der Waals surface area contributed by atoms with Crippen molar-refractivity contribution in [1.29, 1.82) is 0 Å². The average Bonchev–Trinajstić information content (AvgIpc) is 2.56. The number of hydrogen-bond donors (Lipinski definition) is 3. The molecular weight excluding hydrogens is 246 g/mol. The summed E-state index contributed by atoms with van der Waals surface area (Å²) in [5, 5.41) is 2.96. The van der Waals surface area contributed by atoms with Crippen LogP contribution in [0.5, 0.6) is 0 Å². The van der Waals surface area contributed by atoms with Gasteiger partial charge in [-0.25, -0.2) is 0 Å². The van der Waals surface area contributed by atoms with E-state index in [0.29, 0.717) is 11.0 Å². The number of hydrogen-bond acceptors (Lipinski definition) is 3. The monoisotopic (exact) mass is 264 g/mol. The quantitative estimate of drug-likeness (QED) is 0.701. The summed E-state index contributed by atoms with van der Waals surface area (Å²) in [6, 6.07) is 1.79. The van der Waals surface area contributed by atoms with Crippen molar-refractivity contribution in [1.82, 2.24) is 15.0 Å². The molecule has 0 fully saturated rings. The molecule has 0 aliphatic rings. The Kier molecular flexibility index (Phi) is 3.15. The molecule has 2 rings (SSSR count). The summed E-state index contributed by atoms with van der Waals surface area (Å²) >= 11 is 0. The van der Waals surface area contributed by atoms with Gasteiger partial charge in [0.1, 0.15) is 12.2 Å².